The van der Waals surface area contributed by atoms with Crippen LogP contribution in [0.5, 0.6) is 0 Å². The van der Waals surface area contributed by atoms with Crippen molar-refractivity contribution in [3.63, 3.8) is 0 Å². The molecule has 2 aromatic heterocycles. The maximum atomic E-state index is 12.1. The molecule has 0 saturated heterocycles. The summed E-state index contributed by atoms with van der Waals surface area (Å²) in [5.41, 5.74) is 0.603. The van der Waals surface area contributed by atoms with Gasteiger partial charge >= 0.3 is 0 Å². The summed E-state index contributed by atoms with van der Waals surface area (Å²) in [7, 11) is 0. The molecule has 0 aromatic carbocycles. The number of rotatable bonds is 6. The van der Waals surface area contributed by atoms with Gasteiger partial charge in [0.1, 0.15) is 11.5 Å². The van der Waals surface area contributed by atoms with Crippen LogP contribution in [-0.4, -0.2) is 27.0 Å². The Kier molecular flexibility index (Phi) is 4.63. The molecule has 1 amide bonds. The first kappa shape index (κ1) is 13.7. The Morgan fingerprint density at radius 1 is 1.58 bits per heavy atom. The monoisotopic (exact) mass is 280 g/mol. The number of nitrogens with zero attached hydrogens (tertiary/aromatic N) is 2. The molecule has 2 N–H and O–H groups in total. The van der Waals surface area contributed by atoms with Gasteiger partial charge in [-0.05, 0) is 12.5 Å². The molecule has 102 valence electrons. The summed E-state index contributed by atoms with van der Waals surface area (Å²) in [5.74, 6) is 0.758. The smallest absolute Gasteiger partial charge is 0.267 e. The zero-order chi connectivity index (χ0) is 13.7. The van der Waals surface area contributed by atoms with Crippen molar-refractivity contribution in [2.45, 2.75) is 26.3 Å². The maximum Gasteiger partial charge on any atom is 0.267 e. The van der Waals surface area contributed by atoms with Crippen LogP contribution in [0.3, 0.4) is 0 Å². The Bertz CT molecular complexity index is 533. The van der Waals surface area contributed by atoms with E-state index in [9.17, 15) is 4.79 Å². The summed E-state index contributed by atoms with van der Waals surface area (Å²) < 4.78 is 1.88. The lowest BCUT2D eigenvalue weighted by atomic mass is 10.3. The number of carbonyl (C=O) groups is 1. The first-order valence-corrected chi connectivity index (χ1v) is 6.70. The van der Waals surface area contributed by atoms with Crippen molar-refractivity contribution in [1.82, 2.24) is 19.9 Å². The van der Waals surface area contributed by atoms with Crippen LogP contribution in [0.4, 0.5) is 0 Å². The SMILES string of the molecule is CCCn1cc(Cl)cc1C(=O)NCCc1ncc[nH]1. The molecule has 0 bridgehead atoms. The molecule has 0 radical (unpaired) electrons. The lowest BCUT2D eigenvalue weighted by Crippen LogP contribution is -2.28. The minimum Gasteiger partial charge on any atom is -0.350 e. The van der Waals surface area contributed by atoms with Crippen molar-refractivity contribution in [3.05, 3.63) is 41.2 Å². The maximum absolute atomic E-state index is 12.1. The average molecular weight is 281 g/mol. The normalized spacial score (nSPS) is 10.6. The zero-order valence-corrected chi connectivity index (χ0v) is 11.6. The Balaban J connectivity index is 1.92. The van der Waals surface area contributed by atoms with Crippen molar-refractivity contribution in [1.29, 1.82) is 0 Å². The number of aromatic amines is 1. The second-order valence-electron chi connectivity index (χ2n) is 4.28. The molecular weight excluding hydrogens is 264 g/mol. The lowest BCUT2D eigenvalue weighted by molar-refractivity contribution is 0.0944. The fourth-order valence-corrected chi connectivity index (χ4v) is 2.13. The largest absolute Gasteiger partial charge is 0.350 e. The van der Waals surface area contributed by atoms with Gasteiger partial charge in [-0.2, -0.15) is 0 Å². The fraction of sp³-hybridized carbons (Fsp3) is 0.385. The minimum atomic E-state index is -0.105. The van der Waals surface area contributed by atoms with E-state index in [0.717, 1.165) is 18.8 Å². The van der Waals surface area contributed by atoms with Gasteiger partial charge in [-0.1, -0.05) is 18.5 Å². The van der Waals surface area contributed by atoms with Crippen LogP contribution in [0.25, 0.3) is 0 Å². The highest BCUT2D eigenvalue weighted by Crippen LogP contribution is 2.14. The molecule has 2 rings (SSSR count). The van der Waals surface area contributed by atoms with E-state index in [1.807, 2.05) is 4.57 Å². The van der Waals surface area contributed by atoms with Gasteiger partial charge in [0.25, 0.3) is 5.91 Å². The molecular formula is C13H17ClN4O. The number of hydrogen-bond acceptors (Lipinski definition) is 2. The molecule has 0 aliphatic rings. The van der Waals surface area contributed by atoms with Crippen LogP contribution in [-0.2, 0) is 13.0 Å². The van der Waals surface area contributed by atoms with E-state index in [1.165, 1.54) is 0 Å². The van der Waals surface area contributed by atoms with Crippen molar-refractivity contribution in [2.24, 2.45) is 0 Å². The summed E-state index contributed by atoms with van der Waals surface area (Å²) in [6, 6.07) is 1.69. The van der Waals surface area contributed by atoms with E-state index in [2.05, 4.69) is 22.2 Å². The topological polar surface area (TPSA) is 62.7 Å². The summed E-state index contributed by atoms with van der Waals surface area (Å²) in [4.78, 5) is 19.2. The Hall–Kier alpha value is -1.75. The Labute approximate surface area is 117 Å². The predicted molar refractivity (Wildman–Crippen MR) is 74.4 cm³/mol. The lowest BCUT2D eigenvalue weighted by Gasteiger charge is -2.08. The van der Waals surface area contributed by atoms with Crippen LogP contribution in [0.2, 0.25) is 5.02 Å². The minimum absolute atomic E-state index is 0.105. The number of H-pyrrole nitrogens is 1. The van der Waals surface area contributed by atoms with Gasteiger partial charge in [-0.25, -0.2) is 4.98 Å². The van der Waals surface area contributed by atoms with Crippen LogP contribution in [0.1, 0.15) is 29.7 Å². The average Bonchev–Trinajstić information content (AvgIpc) is 2.99. The number of nitrogens with one attached hydrogen (secondary N) is 2. The van der Waals surface area contributed by atoms with Gasteiger partial charge in [0.15, 0.2) is 0 Å². The van der Waals surface area contributed by atoms with E-state index < -0.39 is 0 Å². The van der Waals surface area contributed by atoms with E-state index >= 15 is 0 Å². The molecule has 0 unspecified atom stereocenters. The predicted octanol–water partition coefficient (Wildman–Crippen LogP) is 2.25. The third kappa shape index (κ3) is 3.61. The summed E-state index contributed by atoms with van der Waals surface area (Å²) in [6.45, 7) is 3.39. The molecule has 0 aliphatic heterocycles. The van der Waals surface area contributed by atoms with Crippen molar-refractivity contribution in [3.8, 4) is 0 Å². The first-order chi connectivity index (χ1) is 9.20. The number of carbonyl (C=O) groups excluding carboxylic acids is 1. The molecule has 2 aromatic rings. The van der Waals surface area contributed by atoms with Gasteiger partial charge in [0.05, 0.1) is 5.02 Å². The molecule has 2 heterocycles. The highest BCUT2D eigenvalue weighted by Gasteiger charge is 2.12. The van der Waals surface area contributed by atoms with E-state index in [1.54, 1.807) is 24.7 Å². The molecule has 0 spiro atoms. The van der Waals surface area contributed by atoms with Crippen LogP contribution >= 0.6 is 11.6 Å². The van der Waals surface area contributed by atoms with E-state index in [-0.39, 0.29) is 5.91 Å². The van der Waals surface area contributed by atoms with Crippen molar-refractivity contribution >= 4 is 17.5 Å². The number of halogens is 1. The van der Waals surface area contributed by atoms with Gasteiger partial charge in [-0.3, -0.25) is 4.79 Å². The fourth-order valence-electron chi connectivity index (χ4n) is 1.91. The highest BCUT2D eigenvalue weighted by molar-refractivity contribution is 6.31. The zero-order valence-electron chi connectivity index (χ0n) is 10.8. The second kappa shape index (κ2) is 6.43. The molecule has 19 heavy (non-hydrogen) atoms. The standard InChI is InChI=1S/C13H17ClN4O/c1-2-7-18-9-10(14)8-11(18)13(19)17-4-3-12-15-5-6-16-12/h5-6,8-9H,2-4,7H2,1H3,(H,15,16)(H,17,19). The quantitative estimate of drug-likeness (QED) is 0.852. The summed E-state index contributed by atoms with van der Waals surface area (Å²) in [6.07, 6.45) is 6.89. The van der Waals surface area contributed by atoms with Crippen molar-refractivity contribution in [2.75, 3.05) is 6.54 Å². The molecule has 6 heteroatoms. The second-order valence-corrected chi connectivity index (χ2v) is 4.72. The third-order valence-corrected chi connectivity index (χ3v) is 2.97. The molecule has 0 saturated carbocycles. The van der Waals surface area contributed by atoms with E-state index in [0.29, 0.717) is 23.7 Å². The van der Waals surface area contributed by atoms with Gasteiger partial charge in [0, 0.05) is 38.1 Å². The molecule has 0 aliphatic carbocycles. The number of aryl methyl sites for hydroxylation is 1. The Morgan fingerprint density at radius 3 is 3.11 bits per heavy atom. The van der Waals surface area contributed by atoms with Crippen molar-refractivity contribution < 1.29 is 4.79 Å². The third-order valence-electron chi connectivity index (χ3n) is 2.76. The van der Waals surface area contributed by atoms with Gasteiger partial charge in [0.2, 0.25) is 0 Å². The van der Waals surface area contributed by atoms with Crippen LogP contribution in [0, 0.1) is 0 Å². The number of hydrogen-bond donors (Lipinski definition) is 2. The summed E-state index contributed by atoms with van der Waals surface area (Å²) in [5, 5.41) is 3.46. The van der Waals surface area contributed by atoms with E-state index in [4.69, 9.17) is 11.6 Å². The Morgan fingerprint density at radius 2 is 2.42 bits per heavy atom. The summed E-state index contributed by atoms with van der Waals surface area (Å²) >= 11 is 5.94. The van der Waals surface area contributed by atoms with Gasteiger partial charge < -0.3 is 14.9 Å². The number of amides is 1. The van der Waals surface area contributed by atoms with Gasteiger partial charge in [-0.15, -0.1) is 0 Å². The first-order valence-electron chi connectivity index (χ1n) is 6.33. The number of aromatic nitrogens is 3. The molecule has 0 atom stereocenters. The molecule has 0 fully saturated rings. The number of imidazole rings is 1. The van der Waals surface area contributed by atoms with Crippen LogP contribution in [0.15, 0.2) is 24.7 Å². The highest BCUT2D eigenvalue weighted by atomic mass is 35.5. The van der Waals surface area contributed by atoms with Crippen LogP contribution < -0.4 is 5.32 Å². The molecule has 5 nitrogen and oxygen atoms in total.